The van der Waals surface area contributed by atoms with Gasteiger partial charge < -0.3 is 10.1 Å². The van der Waals surface area contributed by atoms with E-state index in [9.17, 15) is 9.59 Å². The molecule has 6 heteroatoms. The Kier molecular flexibility index (Phi) is 7.33. The third kappa shape index (κ3) is 5.08. The third-order valence-electron chi connectivity index (χ3n) is 6.52. The molecular weight excluding hydrogens is 492 g/mol. The molecule has 0 aliphatic carbocycles. The van der Waals surface area contributed by atoms with Crippen molar-refractivity contribution >= 4 is 39.1 Å². The van der Waals surface area contributed by atoms with Crippen LogP contribution in [0.2, 0.25) is 0 Å². The number of thiophene rings is 1. The van der Waals surface area contributed by atoms with E-state index < -0.39 is 5.97 Å². The van der Waals surface area contributed by atoms with Crippen molar-refractivity contribution < 1.29 is 14.3 Å². The van der Waals surface area contributed by atoms with Gasteiger partial charge in [0.1, 0.15) is 10.6 Å². The lowest BCUT2D eigenvalue weighted by Crippen LogP contribution is -2.15. The first-order valence-corrected chi connectivity index (χ1v) is 13.4. The molecule has 0 unspecified atom stereocenters. The number of esters is 1. The topological polar surface area (TPSA) is 68.3 Å². The Bertz CT molecular complexity index is 1620. The molecule has 1 amide bonds. The second kappa shape index (κ2) is 11.0. The lowest BCUT2D eigenvalue weighted by atomic mass is 10.0. The molecule has 2 heterocycles. The van der Waals surface area contributed by atoms with E-state index in [0.717, 1.165) is 51.7 Å². The van der Waals surface area contributed by atoms with Gasteiger partial charge in [0.15, 0.2) is 0 Å². The van der Waals surface area contributed by atoms with Crippen molar-refractivity contribution in [3.8, 4) is 22.4 Å². The molecule has 0 bridgehead atoms. The summed E-state index contributed by atoms with van der Waals surface area (Å²) in [5, 5.41) is 6.06. The highest BCUT2D eigenvalue weighted by atomic mass is 32.1. The van der Waals surface area contributed by atoms with Crippen LogP contribution < -0.4 is 5.32 Å². The molecule has 5 rings (SSSR count). The molecule has 0 aliphatic heterocycles. The number of amides is 1. The number of ether oxygens (including phenoxy) is 1. The zero-order chi connectivity index (χ0) is 26.6. The fourth-order valence-corrected chi connectivity index (χ4v) is 5.47. The molecular formula is C32H28N2O3S. The Morgan fingerprint density at radius 1 is 0.947 bits per heavy atom. The molecule has 0 aliphatic rings. The first-order chi connectivity index (χ1) is 18.5. The first-order valence-electron chi connectivity index (χ1n) is 12.6. The molecule has 0 saturated carbocycles. The van der Waals surface area contributed by atoms with Gasteiger partial charge in [0.2, 0.25) is 0 Å². The summed E-state index contributed by atoms with van der Waals surface area (Å²) >= 11 is 1.31. The van der Waals surface area contributed by atoms with Crippen molar-refractivity contribution in [3.63, 3.8) is 0 Å². The number of rotatable bonds is 7. The summed E-state index contributed by atoms with van der Waals surface area (Å²) in [6.07, 6.45) is 2.10. The monoisotopic (exact) mass is 520 g/mol. The maximum atomic E-state index is 13.7. The van der Waals surface area contributed by atoms with Crippen molar-refractivity contribution in [3.05, 3.63) is 106 Å². The van der Waals surface area contributed by atoms with Crippen LogP contribution in [0.3, 0.4) is 0 Å². The number of anilines is 1. The van der Waals surface area contributed by atoms with Gasteiger partial charge in [0, 0.05) is 21.9 Å². The summed E-state index contributed by atoms with van der Waals surface area (Å²) < 4.78 is 5.09. The average molecular weight is 521 g/mol. The van der Waals surface area contributed by atoms with Gasteiger partial charge in [-0.2, -0.15) is 0 Å². The highest BCUT2D eigenvalue weighted by molar-refractivity contribution is 7.15. The van der Waals surface area contributed by atoms with Crippen LogP contribution in [0.25, 0.3) is 33.3 Å². The summed E-state index contributed by atoms with van der Waals surface area (Å²) in [7, 11) is 1.35. The molecule has 1 N–H and O–H groups in total. The molecule has 0 radical (unpaired) electrons. The maximum Gasteiger partial charge on any atom is 0.341 e. The quantitative estimate of drug-likeness (QED) is 0.221. The van der Waals surface area contributed by atoms with Gasteiger partial charge in [0.25, 0.3) is 5.91 Å². The summed E-state index contributed by atoms with van der Waals surface area (Å²) in [6.45, 7) is 4.17. The van der Waals surface area contributed by atoms with E-state index in [0.29, 0.717) is 16.1 Å². The highest BCUT2D eigenvalue weighted by Crippen LogP contribution is 2.37. The van der Waals surface area contributed by atoms with Gasteiger partial charge in [-0.15, -0.1) is 11.3 Å². The maximum absolute atomic E-state index is 13.7. The van der Waals surface area contributed by atoms with Crippen molar-refractivity contribution in [1.82, 2.24) is 4.98 Å². The lowest BCUT2D eigenvalue weighted by molar-refractivity contribution is 0.0603. The van der Waals surface area contributed by atoms with E-state index in [-0.39, 0.29) is 5.91 Å². The molecule has 190 valence electrons. The van der Waals surface area contributed by atoms with E-state index in [1.54, 1.807) is 0 Å². The van der Waals surface area contributed by atoms with Crippen molar-refractivity contribution in [2.45, 2.75) is 26.7 Å². The Hall–Kier alpha value is -4.29. The molecule has 0 spiro atoms. The van der Waals surface area contributed by atoms with E-state index in [2.05, 4.69) is 24.4 Å². The smallest absolute Gasteiger partial charge is 0.341 e. The Morgan fingerprint density at radius 3 is 2.37 bits per heavy atom. The highest BCUT2D eigenvalue weighted by Gasteiger charge is 2.24. The van der Waals surface area contributed by atoms with Gasteiger partial charge in [0.05, 0.1) is 23.9 Å². The number of nitrogens with zero attached hydrogens (tertiary/aromatic N) is 1. The van der Waals surface area contributed by atoms with Crippen molar-refractivity contribution in [1.29, 1.82) is 0 Å². The van der Waals surface area contributed by atoms with Crippen LogP contribution in [0.1, 0.15) is 45.2 Å². The minimum Gasteiger partial charge on any atom is -0.465 e. The lowest BCUT2D eigenvalue weighted by Gasteiger charge is -2.12. The van der Waals surface area contributed by atoms with E-state index in [1.807, 2.05) is 79.0 Å². The zero-order valence-corrected chi connectivity index (χ0v) is 22.4. The van der Waals surface area contributed by atoms with Gasteiger partial charge in [-0.1, -0.05) is 85.6 Å². The second-order valence-corrected chi connectivity index (χ2v) is 10.1. The third-order valence-corrected chi connectivity index (χ3v) is 7.41. The average Bonchev–Trinajstić information content (AvgIpc) is 3.36. The summed E-state index contributed by atoms with van der Waals surface area (Å²) in [5.41, 5.74) is 7.23. The van der Waals surface area contributed by atoms with Gasteiger partial charge in [-0.25, -0.2) is 9.78 Å². The SMILES string of the molecule is CCCc1ccc(-c2cc(C(=O)Nc3scc(-c4ccc(C)cc4)c3C(=O)OC)c3ccccc3n2)cc1. The molecule has 5 nitrogen and oxygen atoms in total. The number of carbonyl (C=O) groups is 2. The van der Waals surface area contributed by atoms with Crippen molar-refractivity contribution in [2.24, 2.45) is 0 Å². The molecule has 0 saturated heterocycles. The molecule has 3 aromatic carbocycles. The van der Waals surface area contributed by atoms with Crippen LogP contribution >= 0.6 is 11.3 Å². The fourth-order valence-electron chi connectivity index (χ4n) is 4.51. The van der Waals surface area contributed by atoms with E-state index in [4.69, 9.17) is 9.72 Å². The van der Waals surface area contributed by atoms with Crippen molar-refractivity contribution in [2.75, 3.05) is 12.4 Å². The van der Waals surface area contributed by atoms with Crippen LogP contribution in [-0.2, 0) is 11.2 Å². The molecule has 2 aromatic heterocycles. The normalized spacial score (nSPS) is 10.9. The number of carbonyl (C=O) groups excluding carboxylic acids is 2. The van der Waals surface area contributed by atoms with E-state index >= 15 is 0 Å². The number of hydrogen-bond donors (Lipinski definition) is 1. The van der Waals surface area contributed by atoms with Gasteiger partial charge >= 0.3 is 5.97 Å². The molecule has 38 heavy (non-hydrogen) atoms. The molecule has 0 atom stereocenters. The van der Waals surface area contributed by atoms with Crippen LogP contribution in [0.15, 0.2) is 84.2 Å². The number of hydrogen-bond acceptors (Lipinski definition) is 5. The minimum absolute atomic E-state index is 0.310. The number of methoxy groups -OCH3 is 1. The number of aromatic nitrogens is 1. The first kappa shape index (κ1) is 25.4. The fraction of sp³-hybridized carbons (Fsp3) is 0.156. The molecule has 0 fully saturated rings. The Morgan fingerprint density at radius 2 is 1.66 bits per heavy atom. The molecule has 5 aromatic rings. The van der Waals surface area contributed by atoms with Crippen LogP contribution in [0.5, 0.6) is 0 Å². The number of nitrogens with one attached hydrogen (secondary N) is 1. The number of pyridine rings is 1. The Labute approximate surface area is 226 Å². The van der Waals surface area contributed by atoms with Crippen LogP contribution in [0, 0.1) is 6.92 Å². The van der Waals surface area contributed by atoms with Gasteiger partial charge in [-0.05, 0) is 36.6 Å². The predicted molar refractivity (Wildman–Crippen MR) is 155 cm³/mol. The zero-order valence-electron chi connectivity index (χ0n) is 21.6. The van der Waals surface area contributed by atoms with Gasteiger partial charge in [-0.3, -0.25) is 4.79 Å². The predicted octanol–water partition coefficient (Wildman–Crippen LogP) is 7.93. The summed E-state index contributed by atoms with van der Waals surface area (Å²) in [6, 6.07) is 25.6. The number of para-hydroxylation sites is 1. The number of fused-ring (bicyclic) bond motifs is 1. The van der Waals surface area contributed by atoms with Crippen LogP contribution in [-0.4, -0.2) is 24.0 Å². The largest absolute Gasteiger partial charge is 0.465 e. The summed E-state index contributed by atoms with van der Waals surface area (Å²) in [4.78, 5) is 31.4. The summed E-state index contributed by atoms with van der Waals surface area (Å²) in [5.74, 6) is -0.806. The standard InChI is InChI=1S/C32H28N2O3S/c1-4-7-21-12-16-23(17-13-21)28-18-25(24-8-5-6-9-27(24)33-28)30(35)34-31-29(32(36)37-3)26(19-38-31)22-14-10-20(2)11-15-22/h5-6,8-19H,4,7H2,1-3H3,(H,34,35). The number of benzene rings is 3. The minimum atomic E-state index is -0.496. The second-order valence-electron chi connectivity index (χ2n) is 9.18. The Balaban J connectivity index is 1.55. The number of aryl methyl sites for hydroxylation is 2. The van der Waals surface area contributed by atoms with E-state index in [1.165, 1.54) is 24.0 Å². The van der Waals surface area contributed by atoms with Crippen LogP contribution in [0.4, 0.5) is 5.00 Å².